The van der Waals surface area contributed by atoms with Gasteiger partial charge in [0.2, 0.25) is 0 Å². The zero-order valence-corrected chi connectivity index (χ0v) is 7.48. The van der Waals surface area contributed by atoms with Gasteiger partial charge in [0.15, 0.2) is 0 Å². The van der Waals surface area contributed by atoms with E-state index in [1.807, 2.05) is 19.2 Å². The minimum atomic E-state index is 0.874. The molecule has 0 spiro atoms. The van der Waals surface area contributed by atoms with Crippen LogP contribution in [0.1, 0.15) is 13.3 Å². The van der Waals surface area contributed by atoms with Gasteiger partial charge in [-0.25, -0.2) is 0 Å². The van der Waals surface area contributed by atoms with E-state index in [9.17, 15) is 0 Å². The van der Waals surface area contributed by atoms with Crippen LogP contribution in [0, 0.1) is 0 Å². The van der Waals surface area contributed by atoms with Gasteiger partial charge in [-0.05, 0) is 24.6 Å². The third-order valence-electron chi connectivity index (χ3n) is 1.65. The number of rotatable bonds is 5. The lowest BCUT2D eigenvalue weighted by molar-refractivity contribution is 0.882. The molecule has 0 heterocycles. The predicted octanol–water partition coefficient (Wildman–Crippen LogP) is 2.28. The summed E-state index contributed by atoms with van der Waals surface area (Å²) in [6.07, 6.45) is 4.80. The Morgan fingerprint density at radius 3 is 2.09 bits per heavy atom. The molecule has 0 aromatic heterocycles. The Balaban J connectivity index is 4.46. The lowest BCUT2D eigenvalue weighted by Gasteiger charge is -2.05. The fourth-order valence-electron chi connectivity index (χ4n) is 1.01. The van der Waals surface area contributed by atoms with Crippen molar-refractivity contribution in [2.45, 2.75) is 13.3 Å². The molecule has 1 nitrogen and oxygen atoms in total. The zero-order chi connectivity index (χ0) is 8.69. The minimum absolute atomic E-state index is 0.874. The lowest BCUT2D eigenvalue weighted by Crippen LogP contribution is -2.10. The third kappa shape index (κ3) is 3.19. The van der Waals surface area contributed by atoms with Crippen molar-refractivity contribution in [2.24, 2.45) is 0 Å². The lowest BCUT2D eigenvalue weighted by atomic mass is 10.1. The van der Waals surface area contributed by atoms with E-state index in [2.05, 4.69) is 25.4 Å². The van der Waals surface area contributed by atoms with Crippen molar-refractivity contribution in [3.8, 4) is 0 Å². The van der Waals surface area contributed by atoms with E-state index >= 15 is 0 Å². The predicted molar refractivity (Wildman–Crippen MR) is 51.6 cm³/mol. The molecule has 0 aliphatic rings. The van der Waals surface area contributed by atoms with Crippen LogP contribution in [0.25, 0.3) is 0 Å². The summed E-state index contributed by atoms with van der Waals surface area (Å²) in [6.45, 7) is 10.5. The largest absolute Gasteiger partial charge is 0.316 e. The van der Waals surface area contributed by atoms with Gasteiger partial charge >= 0.3 is 0 Å². The number of allylic oxidation sites excluding steroid dienone is 2. The van der Waals surface area contributed by atoms with Gasteiger partial charge in [0.1, 0.15) is 0 Å². The van der Waals surface area contributed by atoms with Gasteiger partial charge in [-0.1, -0.05) is 32.2 Å². The summed E-state index contributed by atoms with van der Waals surface area (Å²) in [5.41, 5.74) is 2.51. The molecule has 0 fully saturated rings. The quantitative estimate of drug-likeness (QED) is 0.594. The Labute approximate surface area is 69.5 Å². The first kappa shape index (κ1) is 10.2. The Morgan fingerprint density at radius 1 is 1.27 bits per heavy atom. The Kier molecular flexibility index (Phi) is 5.49. The summed E-state index contributed by atoms with van der Waals surface area (Å²) < 4.78 is 0. The summed E-state index contributed by atoms with van der Waals surface area (Å²) in [5.74, 6) is 0. The average molecular weight is 151 g/mol. The van der Waals surface area contributed by atoms with E-state index in [1.54, 1.807) is 0 Å². The highest BCUT2D eigenvalue weighted by Crippen LogP contribution is 2.09. The van der Waals surface area contributed by atoms with E-state index in [1.165, 1.54) is 11.1 Å². The SMILES string of the molecule is C=C/C(CC)=C(\C=C)CNC. The van der Waals surface area contributed by atoms with Crippen molar-refractivity contribution in [2.75, 3.05) is 13.6 Å². The van der Waals surface area contributed by atoms with Crippen LogP contribution < -0.4 is 5.32 Å². The maximum Gasteiger partial charge on any atom is 0.0205 e. The van der Waals surface area contributed by atoms with Crippen molar-refractivity contribution in [1.82, 2.24) is 5.32 Å². The van der Waals surface area contributed by atoms with E-state index < -0.39 is 0 Å². The zero-order valence-electron chi connectivity index (χ0n) is 7.48. The van der Waals surface area contributed by atoms with Crippen LogP contribution in [0.5, 0.6) is 0 Å². The first-order valence-corrected chi connectivity index (χ1v) is 3.91. The van der Waals surface area contributed by atoms with Gasteiger partial charge in [-0.2, -0.15) is 0 Å². The van der Waals surface area contributed by atoms with Gasteiger partial charge in [0, 0.05) is 6.54 Å². The molecule has 0 atom stereocenters. The van der Waals surface area contributed by atoms with Crippen molar-refractivity contribution in [3.63, 3.8) is 0 Å². The van der Waals surface area contributed by atoms with Crippen LogP contribution in [0.3, 0.4) is 0 Å². The van der Waals surface area contributed by atoms with Crippen molar-refractivity contribution in [3.05, 3.63) is 36.5 Å². The van der Waals surface area contributed by atoms with Crippen LogP contribution in [-0.2, 0) is 0 Å². The summed E-state index contributed by atoms with van der Waals surface area (Å²) in [4.78, 5) is 0. The van der Waals surface area contributed by atoms with Crippen molar-refractivity contribution < 1.29 is 0 Å². The summed E-state index contributed by atoms with van der Waals surface area (Å²) >= 11 is 0. The molecular formula is C10H17N. The van der Waals surface area contributed by atoms with E-state index in [4.69, 9.17) is 0 Å². The molecule has 1 heteroatoms. The monoisotopic (exact) mass is 151 g/mol. The average Bonchev–Trinajstić information content (AvgIpc) is 2.05. The van der Waals surface area contributed by atoms with Gasteiger partial charge in [-0.3, -0.25) is 0 Å². The van der Waals surface area contributed by atoms with Crippen molar-refractivity contribution >= 4 is 0 Å². The molecule has 1 N–H and O–H groups in total. The molecule has 0 aromatic carbocycles. The molecule has 0 aromatic rings. The van der Waals surface area contributed by atoms with Crippen molar-refractivity contribution in [1.29, 1.82) is 0 Å². The maximum atomic E-state index is 3.75. The Bertz CT molecular complexity index is 166. The van der Waals surface area contributed by atoms with Crippen LogP contribution in [0.2, 0.25) is 0 Å². The second kappa shape index (κ2) is 5.93. The van der Waals surface area contributed by atoms with Gasteiger partial charge in [0.05, 0.1) is 0 Å². The molecule has 0 bridgehead atoms. The maximum absolute atomic E-state index is 3.75. The normalized spacial score (nSPS) is 12.2. The van der Waals surface area contributed by atoms with Crippen LogP contribution in [-0.4, -0.2) is 13.6 Å². The summed E-state index contributed by atoms with van der Waals surface area (Å²) in [7, 11) is 1.93. The highest BCUT2D eigenvalue weighted by Gasteiger charge is 1.95. The molecule has 0 unspecified atom stereocenters. The summed E-state index contributed by atoms with van der Waals surface area (Å²) in [5, 5.41) is 3.09. The Hall–Kier alpha value is -0.820. The molecule has 0 saturated heterocycles. The molecule has 0 rings (SSSR count). The van der Waals surface area contributed by atoms with E-state index in [-0.39, 0.29) is 0 Å². The molecule has 0 radical (unpaired) electrons. The van der Waals surface area contributed by atoms with Crippen LogP contribution >= 0.6 is 0 Å². The minimum Gasteiger partial charge on any atom is -0.316 e. The molecule has 11 heavy (non-hydrogen) atoms. The third-order valence-corrected chi connectivity index (χ3v) is 1.65. The standard InChI is InChI=1S/C10H17N/c1-5-9(6-2)10(7-3)8-11-4/h5,7,11H,1,3,6,8H2,2,4H3/b10-9-. The topological polar surface area (TPSA) is 12.0 Å². The molecular weight excluding hydrogens is 134 g/mol. The number of nitrogens with one attached hydrogen (secondary N) is 1. The fraction of sp³-hybridized carbons (Fsp3) is 0.400. The molecule has 62 valence electrons. The first-order valence-electron chi connectivity index (χ1n) is 3.91. The smallest absolute Gasteiger partial charge is 0.0205 e. The second-order valence-electron chi connectivity index (χ2n) is 2.34. The molecule has 0 aliphatic carbocycles. The van der Waals surface area contributed by atoms with Gasteiger partial charge in [0.25, 0.3) is 0 Å². The number of likely N-dealkylation sites (N-methyl/N-ethyl adjacent to an activating group) is 1. The van der Waals surface area contributed by atoms with E-state index in [0.29, 0.717) is 0 Å². The highest BCUT2D eigenvalue weighted by molar-refractivity contribution is 5.31. The van der Waals surface area contributed by atoms with E-state index in [0.717, 1.165) is 13.0 Å². The number of hydrogen-bond donors (Lipinski definition) is 1. The van der Waals surface area contributed by atoms with Gasteiger partial charge in [-0.15, -0.1) is 0 Å². The summed E-state index contributed by atoms with van der Waals surface area (Å²) in [6, 6.07) is 0. The molecule has 0 aliphatic heterocycles. The highest BCUT2D eigenvalue weighted by atomic mass is 14.8. The second-order valence-corrected chi connectivity index (χ2v) is 2.34. The van der Waals surface area contributed by atoms with Crippen LogP contribution in [0.4, 0.5) is 0 Å². The van der Waals surface area contributed by atoms with Crippen LogP contribution in [0.15, 0.2) is 36.5 Å². The molecule has 0 saturated carbocycles. The number of hydrogen-bond acceptors (Lipinski definition) is 1. The van der Waals surface area contributed by atoms with Gasteiger partial charge < -0.3 is 5.32 Å². The first-order chi connectivity index (χ1) is 5.29. The Morgan fingerprint density at radius 2 is 1.82 bits per heavy atom. The molecule has 0 amide bonds. The fourth-order valence-corrected chi connectivity index (χ4v) is 1.01.